The molecule has 0 saturated heterocycles. The van der Waals surface area contributed by atoms with E-state index in [9.17, 15) is 0 Å². The second-order valence-corrected chi connectivity index (χ2v) is 3.66. The topological polar surface area (TPSA) is 41.6 Å². The van der Waals surface area contributed by atoms with Crippen molar-refractivity contribution in [2.45, 2.75) is 6.54 Å². The minimum atomic E-state index is 0.616. The molecule has 1 aliphatic heterocycles. The number of hydrogen-bond donors (Lipinski definition) is 1. The highest BCUT2D eigenvalue weighted by molar-refractivity contribution is 6.31. The van der Waals surface area contributed by atoms with E-state index in [4.69, 9.17) is 17.3 Å². The van der Waals surface area contributed by atoms with Crippen molar-refractivity contribution in [1.29, 1.82) is 0 Å². The number of nitrogens with zero attached hydrogens (tertiary/aromatic N) is 2. The van der Waals surface area contributed by atoms with E-state index < -0.39 is 0 Å². The molecule has 0 spiro atoms. The number of benzene rings is 1. The van der Waals surface area contributed by atoms with Crippen molar-refractivity contribution in [2.24, 2.45) is 10.7 Å². The van der Waals surface area contributed by atoms with Crippen LogP contribution < -0.4 is 5.73 Å². The van der Waals surface area contributed by atoms with Crippen molar-refractivity contribution in [3.05, 3.63) is 34.9 Å². The van der Waals surface area contributed by atoms with Crippen molar-refractivity contribution >= 4 is 17.6 Å². The Morgan fingerprint density at radius 2 is 2.21 bits per heavy atom. The van der Waals surface area contributed by atoms with Gasteiger partial charge in [-0.15, -0.1) is 0 Å². The molecule has 74 valence electrons. The zero-order valence-electron chi connectivity index (χ0n) is 7.78. The van der Waals surface area contributed by atoms with E-state index in [1.54, 1.807) is 0 Å². The van der Waals surface area contributed by atoms with Gasteiger partial charge in [-0.25, -0.2) is 0 Å². The minimum Gasteiger partial charge on any atom is -0.370 e. The van der Waals surface area contributed by atoms with Crippen LogP contribution in [0.2, 0.25) is 5.02 Å². The predicted molar refractivity (Wildman–Crippen MR) is 58.4 cm³/mol. The second-order valence-electron chi connectivity index (χ2n) is 3.25. The summed E-state index contributed by atoms with van der Waals surface area (Å²) < 4.78 is 0. The molecular weight excluding hydrogens is 198 g/mol. The Hall–Kier alpha value is -1.22. The maximum Gasteiger partial charge on any atom is 0.191 e. The van der Waals surface area contributed by atoms with Gasteiger partial charge in [0.2, 0.25) is 0 Å². The molecule has 1 aliphatic rings. The smallest absolute Gasteiger partial charge is 0.191 e. The van der Waals surface area contributed by atoms with Crippen LogP contribution in [0.4, 0.5) is 0 Å². The van der Waals surface area contributed by atoms with Crippen molar-refractivity contribution < 1.29 is 0 Å². The molecule has 0 fully saturated rings. The normalized spacial score (nSPS) is 15.8. The first-order valence-corrected chi connectivity index (χ1v) is 4.93. The number of aliphatic imine (C=N–C) groups is 1. The van der Waals surface area contributed by atoms with E-state index in [1.807, 2.05) is 29.2 Å². The molecule has 0 bridgehead atoms. The SMILES string of the molecule is NC1=NCCN1Cc1ccccc1Cl. The number of nitrogens with two attached hydrogens (primary N) is 1. The molecule has 4 heteroatoms. The fourth-order valence-corrected chi connectivity index (χ4v) is 1.69. The summed E-state index contributed by atoms with van der Waals surface area (Å²) >= 11 is 6.04. The van der Waals surface area contributed by atoms with Crippen LogP contribution in [0, 0.1) is 0 Å². The third kappa shape index (κ3) is 1.82. The fourth-order valence-electron chi connectivity index (χ4n) is 1.49. The number of rotatable bonds is 2. The van der Waals surface area contributed by atoms with Crippen LogP contribution in [-0.4, -0.2) is 23.9 Å². The van der Waals surface area contributed by atoms with Gasteiger partial charge < -0.3 is 10.6 Å². The summed E-state index contributed by atoms with van der Waals surface area (Å²) in [6.45, 7) is 2.42. The van der Waals surface area contributed by atoms with E-state index in [1.165, 1.54) is 0 Å². The third-order valence-corrected chi connectivity index (χ3v) is 2.66. The minimum absolute atomic E-state index is 0.616. The molecule has 2 N–H and O–H groups in total. The van der Waals surface area contributed by atoms with Gasteiger partial charge in [-0.05, 0) is 11.6 Å². The molecule has 0 amide bonds. The van der Waals surface area contributed by atoms with Crippen LogP contribution in [0.25, 0.3) is 0 Å². The lowest BCUT2D eigenvalue weighted by Crippen LogP contribution is -2.33. The van der Waals surface area contributed by atoms with Crippen LogP contribution >= 0.6 is 11.6 Å². The zero-order chi connectivity index (χ0) is 9.97. The number of halogens is 1. The molecule has 14 heavy (non-hydrogen) atoms. The van der Waals surface area contributed by atoms with Gasteiger partial charge in [0.05, 0.1) is 6.54 Å². The van der Waals surface area contributed by atoms with Crippen LogP contribution in [0.3, 0.4) is 0 Å². The van der Waals surface area contributed by atoms with E-state index in [-0.39, 0.29) is 0 Å². The van der Waals surface area contributed by atoms with Gasteiger partial charge in [-0.2, -0.15) is 0 Å². The average molecular weight is 210 g/mol. The largest absolute Gasteiger partial charge is 0.370 e. The Bertz CT molecular complexity index is 362. The second kappa shape index (κ2) is 3.88. The highest BCUT2D eigenvalue weighted by atomic mass is 35.5. The maximum absolute atomic E-state index is 6.04. The predicted octanol–water partition coefficient (Wildman–Crippen LogP) is 1.47. The summed E-state index contributed by atoms with van der Waals surface area (Å²) in [5.74, 6) is 0.616. The van der Waals surface area contributed by atoms with E-state index >= 15 is 0 Å². The molecule has 1 heterocycles. The molecule has 0 radical (unpaired) electrons. The average Bonchev–Trinajstić information content (AvgIpc) is 2.56. The maximum atomic E-state index is 6.04. The van der Waals surface area contributed by atoms with Gasteiger partial charge >= 0.3 is 0 Å². The lowest BCUT2D eigenvalue weighted by atomic mass is 10.2. The van der Waals surface area contributed by atoms with Gasteiger partial charge in [0.25, 0.3) is 0 Å². The van der Waals surface area contributed by atoms with Gasteiger partial charge in [0.1, 0.15) is 0 Å². The summed E-state index contributed by atoms with van der Waals surface area (Å²) in [6, 6.07) is 7.80. The van der Waals surface area contributed by atoms with E-state index in [2.05, 4.69) is 4.99 Å². The van der Waals surface area contributed by atoms with Crippen LogP contribution in [-0.2, 0) is 6.54 Å². The molecule has 1 aromatic rings. The van der Waals surface area contributed by atoms with E-state index in [0.717, 1.165) is 30.2 Å². The van der Waals surface area contributed by atoms with Crippen LogP contribution in [0.15, 0.2) is 29.3 Å². The van der Waals surface area contributed by atoms with Crippen molar-refractivity contribution in [3.63, 3.8) is 0 Å². The molecule has 1 aromatic carbocycles. The molecule has 0 aromatic heterocycles. The molecule has 0 atom stereocenters. The Balaban J connectivity index is 2.11. The lowest BCUT2D eigenvalue weighted by Gasteiger charge is -2.17. The standard InChI is InChI=1S/C10H12ClN3/c11-9-4-2-1-3-8(9)7-14-6-5-13-10(14)12/h1-4H,5-7H2,(H2,12,13). The van der Waals surface area contributed by atoms with E-state index in [0.29, 0.717) is 5.96 Å². The Morgan fingerprint density at radius 3 is 2.86 bits per heavy atom. The van der Waals surface area contributed by atoms with Crippen LogP contribution in [0.1, 0.15) is 5.56 Å². The summed E-state index contributed by atoms with van der Waals surface area (Å²) in [6.07, 6.45) is 0. The van der Waals surface area contributed by atoms with Crippen molar-refractivity contribution in [3.8, 4) is 0 Å². The quantitative estimate of drug-likeness (QED) is 0.802. The van der Waals surface area contributed by atoms with Gasteiger partial charge in [-0.1, -0.05) is 29.8 Å². The molecule has 0 unspecified atom stereocenters. The summed E-state index contributed by atoms with van der Waals surface area (Å²) in [4.78, 5) is 6.15. The lowest BCUT2D eigenvalue weighted by molar-refractivity contribution is 0.448. The Labute approximate surface area is 88.2 Å². The Morgan fingerprint density at radius 1 is 1.43 bits per heavy atom. The highest BCUT2D eigenvalue weighted by Crippen LogP contribution is 2.17. The van der Waals surface area contributed by atoms with Crippen molar-refractivity contribution in [2.75, 3.05) is 13.1 Å². The van der Waals surface area contributed by atoms with Gasteiger partial charge in [-0.3, -0.25) is 4.99 Å². The molecule has 0 saturated carbocycles. The number of guanidine groups is 1. The summed E-state index contributed by atoms with van der Waals surface area (Å²) in [7, 11) is 0. The molecule has 2 rings (SSSR count). The zero-order valence-corrected chi connectivity index (χ0v) is 8.54. The van der Waals surface area contributed by atoms with Crippen molar-refractivity contribution in [1.82, 2.24) is 4.90 Å². The molecule has 0 aliphatic carbocycles. The summed E-state index contributed by atoms with van der Waals surface area (Å²) in [5.41, 5.74) is 6.80. The molecule has 3 nitrogen and oxygen atoms in total. The monoisotopic (exact) mass is 209 g/mol. The third-order valence-electron chi connectivity index (χ3n) is 2.29. The van der Waals surface area contributed by atoms with Crippen LogP contribution in [0.5, 0.6) is 0 Å². The first-order chi connectivity index (χ1) is 6.77. The first kappa shape index (κ1) is 9.34. The summed E-state index contributed by atoms with van der Waals surface area (Å²) in [5, 5.41) is 0.784. The highest BCUT2D eigenvalue weighted by Gasteiger charge is 2.14. The molecular formula is C10H12ClN3. The Kier molecular flexibility index (Phi) is 2.59. The van der Waals surface area contributed by atoms with Gasteiger partial charge in [0.15, 0.2) is 5.96 Å². The number of hydrogen-bond acceptors (Lipinski definition) is 3. The van der Waals surface area contributed by atoms with Gasteiger partial charge in [0, 0.05) is 18.1 Å². The fraction of sp³-hybridized carbons (Fsp3) is 0.300. The first-order valence-electron chi connectivity index (χ1n) is 4.55.